The van der Waals surface area contributed by atoms with Gasteiger partial charge in [0.1, 0.15) is 5.82 Å². The number of nitrogens with one attached hydrogen (secondary N) is 2. The van der Waals surface area contributed by atoms with Crippen molar-refractivity contribution in [1.82, 2.24) is 20.1 Å². The quantitative estimate of drug-likeness (QED) is 0.604. The van der Waals surface area contributed by atoms with Gasteiger partial charge in [0.25, 0.3) is 0 Å². The van der Waals surface area contributed by atoms with Crippen molar-refractivity contribution in [2.24, 2.45) is 7.05 Å². The Labute approximate surface area is 64.3 Å². The molecule has 1 heterocycles. The zero-order valence-corrected chi connectivity index (χ0v) is 6.83. The Morgan fingerprint density at radius 2 is 2.50 bits per heavy atom. The Kier molecular flexibility index (Phi) is 2.18. The first-order chi connectivity index (χ1) is 4.75. The van der Waals surface area contributed by atoms with E-state index in [0.717, 1.165) is 12.4 Å². The van der Waals surface area contributed by atoms with Gasteiger partial charge in [0, 0.05) is 7.05 Å². The fraction of sp³-hybridized carbons (Fsp3) is 0.600. The van der Waals surface area contributed by atoms with E-state index in [4.69, 9.17) is 12.2 Å². The van der Waals surface area contributed by atoms with Gasteiger partial charge in [0.15, 0.2) is 4.77 Å². The van der Waals surface area contributed by atoms with E-state index in [2.05, 4.69) is 15.5 Å². The molecule has 0 bridgehead atoms. The first-order valence-corrected chi connectivity index (χ1v) is 3.41. The zero-order chi connectivity index (χ0) is 7.56. The summed E-state index contributed by atoms with van der Waals surface area (Å²) in [6, 6.07) is 0. The smallest absolute Gasteiger partial charge is 0.194 e. The molecule has 1 aromatic heterocycles. The maximum atomic E-state index is 4.91. The van der Waals surface area contributed by atoms with Crippen LogP contribution in [-0.2, 0) is 13.6 Å². The number of aromatic amines is 1. The molecule has 1 aromatic rings. The number of hydrogen-bond acceptors (Lipinski definition) is 3. The van der Waals surface area contributed by atoms with Crippen LogP contribution in [0.2, 0.25) is 0 Å². The third kappa shape index (κ3) is 1.25. The summed E-state index contributed by atoms with van der Waals surface area (Å²) in [5, 5.41) is 9.67. The minimum atomic E-state index is 0.658. The van der Waals surface area contributed by atoms with Gasteiger partial charge in [-0.3, -0.25) is 5.10 Å². The molecule has 0 aromatic carbocycles. The summed E-state index contributed by atoms with van der Waals surface area (Å²) >= 11 is 4.91. The molecule has 10 heavy (non-hydrogen) atoms. The van der Waals surface area contributed by atoms with Gasteiger partial charge >= 0.3 is 0 Å². The van der Waals surface area contributed by atoms with Crippen molar-refractivity contribution in [2.75, 3.05) is 7.05 Å². The van der Waals surface area contributed by atoms with E-state index in [1.165, 1.54) is 0 Å². The SMILES string of the molecule is CNCc1n[nH]c(=S)n1C. The number of H-pyrrole nitrogens is 1. The average Bonchev–Trinajstić information content (AvgIpc) is 2.20. The highest BCUT2D eigenvalue weighted by atomic mass is 32.1. The molecule has 0 spiro atoms. The van der Waals surface area contributed by atoms with Crippen molar-refractivity contribution in [2.45, 2.75) is 6.54 Å². The van der Waals surface area contributed by atoms with Crippen LogP contribution in [0.25, 0.3) is 0 Å². The second kappa shape index (κ2) is 2.94. The highest BCUT2D eigenvalue weighted by molar-refractivity contribution is 7.71. The fourth-order valence-corrected chi connectivity index (χ4v) is 0.847. The van der Waals surface area contributed by atoms with Crippen LogP contribution in [0.1, 0.15) is 5.82 Å². The summed E-state index contributed by atoms with van der Waals surface area (Å²) in [6.45, 7) is 0.740. The third-order valence-electron chi connectivity index (χ3n) is 1.31. The lowest BCUT2D eigenvalue weighted by atomic mass is 10.6. The van der Waals surface area contributed by atoms with Gasteiger partial charge in [-0.05, 0) is 19.3 Å². The van der Waals surface area contributed by atoms with E-state index in [1.54, 1.807) is 0 Å². The lowest BCUT2D eigenvalue weighted by molar-refractivity contribution is 0.705. The molecule has 0 unspecified atom stereocenters. The maximum absolute atomic E-state index is 4.91. The fourth-order valence-electron chi connectivity index (χ4n) is 0.696. The molecule has 0 saturated carbocycles. The van der Waals surface area contributed by atoms with Gasteiger partial charge in [0.2, 0.25) is 0 Å². The predicted molar refractivity (Wildman–Crippen MR) is 41.2 cm³/mol. The standard InChI is InChI=1S/C5H10N4S/c1-6-3-4-7-8-5(10)9(4)2/h6H,3H2,1-2H3,(H,8,10). The molecule has 0 fully saturated rings. The molecule has 0 aliphatic carbocycles. The summed E-state index contributed by atoms with van der Waals surface area (Å²) in [7, 11) is 3.76. The molecule has 2 N–H and O–H groups in total. The van der Waals surface area contributed by atoms with Crippen LogP contribution in [0.4, 0.5) is 0 Å². The Balaban J connectivity index is 2.94. The normalized spacial score (nSPS) is 10.2. The molecular weight excluding hydrogens is 148 g/mol. The van der Waals surface area contributed by atoms with Gasteiger partial charge in [-0.15, -0.1) is 0 Å². The van der Waals surface area contributed by atoms with E-state index in [9.17, 15) is 0 Å². The topological polar surface area (TPSA) is 45.6 Å². The zero-order valence-electron chi connectivity index (χ0n) is 6.01. The molecule has 0 atom stereocenters. The van der Waals surface area contributed by atoms with Gasteiger partial charge in [0.05, 0.1) is 6.54 Å². The maximum Gasteiger partial charge on any atom is 0.194 e. The molecule has 0 aliphatic rings. The van der Waals surface area contributed by atoms with Crippen LogP contribution < -0.4 is 5.32 Å². The average molecular weight is 158 g/mol. The summed E-state index contributed by atoms with van der Waals surface area (Å²) in [6.07, 6.45) is 0. The van der Waals surface area contributed by atoms with E-state index < -0.39 is 0 Å². The van der Waals surface area contributed by atoms with E-state index in [1.807, 2.05) is 18.7 Å². The van der Waals surface area contributed by atoms with E-state index >= 15 is 0 Å². The Hall–Kier alpha value is -0.680. The molecule has 0 radical (unpaired) electrons. The molecule has 56 valence electrons. The highest BCUT2D eigenvalue weighted by Gasteiger charge is 1.97. The van der Waals surface area contributed by atoms with Crippen molar-refractivity contribution in [3.8, 4) is 0 Å². The molecule has 1 rings (SSSR count). The van der Waals surface area contributed by atoms with Crippen LogP contribution in [0.3, 0.4) is 0 Å². The molecular formula is C5H10N4S. The lowest BCUT2D eigenvalue weighted by Gasteiger charge is -1.96. The number of hydrogen-bond donors (Lipinski definition) is 2. The summed E-state index contributed by atoms with van der Waals surface area (Å²) in [5.41, 5.74) is 0. The van der Waals surface area contributed by atoms with Crippen molar-refractivity contribution in [3.63, 3.8) is 0 Å². The first-order valence-electron chi connectivity index (χ1n) is 3.00. The molecule has 5 heteroatoms. The summed E-state index contributed by atoms with van der Waals surface area (Å²) in [4.78, 5) is 0. The molecule has 4 nitrogen and oxygen atoms in total. The van der Waals surface area contributed by atoms with Crippen LogP contribution >= 0.6 is 12.2 Å². The summed E-state index contributed by atoms with van der Waals surface area (Å²) in [5.74, 6) is 0.924. The Bertz CT molecular complexity index is 261. The van der Waals surface area contributed by atoms with Gasteiger partial charge in [-0.25, -0.2) is 0 Å². The highest BCUT2D eigenvalue weighted by Crippen LogP contribution is 1.91. The van der Waals surface area contributed by atoms with Crippen LogP contribution in [0.5, 0.6) is 0 Å². The van der Waals surface area contributed by atoms with E-state index in [0.29, 0.717) is 4.77 Å². The molecule has 0 saturated heterocycles. The van der Waals surface area contributed by atoms with Crippen LogP contribution in [0, 0.1) is 4.77 Å². The van der Waals surface area contributed by atoms with Crippen LogP contribution in [0.15, 0.2) is 0 Å². The minimum Gasteiger partial charge on any atom is -0.313 e. The second-order valence-electron chi connectivity index (χ2n) is 2.03. The van der Waals surface area contributed by atoms with Gasteiger partial charge in [-0.2, -0.15) is 5.10 Å². The van der Waals surface area contributed by atoms with Crippen molar-refractivity contribution < 1.29 is 0 Å². The van der Waals surface area contributed by atoms with Gasteiger partial charge in [-0.1, -0.05) is 0 Å². The third-order valence-corrected chi connectivity index (χ3v) is 1.67. The van der Waals surface area contributed by atoms with E-state index in [-0.39, 0.29) is 0 Å². The number of aromatic nitrogens is 3. The number of rotatable bonds is 2. The Morgan fingerprint density at radius 1 is 1.80 bits per heavy atom. The van der Waals surface area contributed by atoms with Crippen molar-refractivity contribution in [1.29, 1.82) is 0 Å². The summed E-state index contributed by atoms with van der Waals surface area (Å²) < 4.78 is 2.50. The van der Waals surface area contributed by atoms with Crippen molar-refractivity contribution >= 4 is 12.2 Å². The second-order valence-corrected chi connectivity index (χ2v) is 2.42. The van der Waals surface area contributed by atoms with Gasteiger partial charge < -0.3 is 9.88 Å². The predicted octanol–water partition coefficient (Wildman–Crippen LogP) is 0.197. The first kappa shape index (κ1) is 7.43. The lowest BCUT2D eigenvalue weighted by Crippen LogP contribution is -2.10. The monoisotopic (exact) mass is 158 g/mol. The number of nitrogens with zero attached hydrogens (tertiary/aromatic N) is 2. The minimum absolute atomic E-state index is 0.658. The molecule has 0 aliphatic heterocycles. The van der Waals surface area contributed by atoms with Crippen LogP contribution in [-0.4, -0.2) is 21.8 Å². The van der Waals surface area contributed by atoms with Crippen molar-refractivity contribution in [3.05, 3.63) is 10.6 Å². The Morgan fingerprint density at radius 3 is 2.90 bits per heavy atom. The largest absolute Gasteiger partial charge is 0.313 e. The molecule has 0 amide bonds.